The third kappa shape index (κ3) is 2.31. The van der Waals surface area contributed by atoms with Gasteiger partial charge in [0.1, 0.15) is 0 Å². The van der Waals surface area contributed by atoms with Gasteiger partial charge in [0, 0.05) is 10.9 Å². The van der Waals surface area contributed by atoms with Gasteiger partial charge in [-0.1, -0.05) is 42.5 Å². The van der Waals surface area contributed by atoms with Crippen molar-refractivity contribution < 1.29 is 14.7 Å². The minimum Gasteiger partial charge on any atom is -0.478 e. The highest BCUT2D eigenvalue weighted by molar-refractivity contribution is 6.10. The number of carbonyl (C=O) groups is 2. The first-order chi connectivity index (χ1) is 10.2. The summed E-state index contributed by atoms with van der Waals surface area (Å²) in [5.41, 5.74) is 2.81. The van der Waals surface area contributed by atoms with Gasteiger partial charge < -0.3 is 10.1 Å². The summed E-state index contributed by atoms with van der Waals surface area (Å²) in [6.07, 6.45) is 1.17. The Morgan fingerprint density at radius 1 is 1.10 bits per heavy atom. The topological polar surface area (TPSA) is 70.2 Å². The molecule has 3 rings (SSSR count). The largest absolute Gasteiger partial charge is 0.478 e. The van der Waals surface area contributed by atoms with Gasteiger partial charge in [-0.05, 0) is 23.6 Å². The van der Waals surface area contributed by atoms with Crippen LogP contribution in [0.4, 0.5) is 0 Å². The first kappa shape index (κ1) is 13.1. The van der Waals surface area contributed by atoms with E-state index in [9.17, 15) is 14.7 Å². The van der Waals surface area contributed by atoms with Crippen LogP contribution in [-0.4, -0.2) is 22.3 Å². The van der Waals surface area contributed by atoms with E-state index < -0.39 is 5.97 Å². The highest BCUT2D eigenvalue weighted by Crippen LogP contribution is 2.27. The lowest BCUT2D eigenvalue weighted by Crippen LogP contribution is -2.01. The number of carboxylic acids is 1. The first-order valence-electron chi connectivity index (χ1n) is 6.56. The molecule has 104 valence electrons. The van der Waals surface area contributed by atoms with E-state index in [1.165, 1.54) is 0 Å². The van der Waals surface area contributed by atoms with E-state index in [0.29, 0.717) is 23.6 Å². The molecule has 0 bridgehead atoms. The molecule has 0 unspecified atom stereocenters. The van der Waals surface area contributed by atoms with Crippen molar-refractivity contribution >= 4 is 23.2 Å². The molecule has 0 fully saturated rings. The quantitative estimate of drug-likeness (QED) is 0.720. The van der Waals surface area contributed by atoms with Gasteiger partial charge in [0.2, 0.25) is 0 Å². The number of carboxylic acid groups (broad SMARTS) is 1. The van der Waals surface area contributed by atoms with E-state index in [4.69, 9.17) is 0 Å². The van der Waals surface area contributed by atoms with E-state index in [0.717, 1.165) is 11.1 Å². The number of aromatic carboxylic acids is 1. The molecule has 0 aliphatic rings. The van der Waals surface area contributed by atoms with Gasteiger partial charge in [-0.3, -0.25) is 4.79 Å². The Morgan fingerprint density at radius 2 is 1.86 bits per heavy atom. The van der Waals surface area contributed by atoms with Gasteiger partial charge in [0.05, 0.1) is 11.3 Å². The van der Waals surface area contributed by atoms with Crippen LogP contribution in [0.3, 0.4) is 0 Å². The highest BCUT2D eigenvalue weighted by atomic mass is 16.4. The number of carbonyl (C=O) groups excluding carboxylic acids is 1. The molecule has 0 aliphatic heterocycles. The summed E-state index contributed by atoms with van der Waals surface area (Å²) in [5.74, 6) is -1.09. The Bertz CT molecular complexity index is 819. The Hall–Kier alpha value is -2.88. The zero-order chi connectivity index (χ0) is 14.8. The average Bonchev–Trinajstić information content (AvgIpc) is 2.88. The highest BCUT2D eigenvalue weighted by Gasteiger charge is 2.19. The molecule has 0 saturated carbocycles. The van der Waals surface area contributed by atoms with Crippen LogP contribution in [0.2, 0.25) is 0 Å². The second kappa shape index (κ2) is 5.25. The Kier molecular flexibility index (Phi) is 3.28. The molecule has 1 heterocycles. The second-order valence-electron chi connectivity index (χ2n) is 4.84. The minimum absolute atomic E-state index is 0.0477. The maximum Gasteiger partial charge on any atom is 0.338 e. The van der Waals surface area contributed by atoms with Gasteiger partial charge in [0.15, 0.2) is 6.29 Å². The molecular formula is C17H13NO3. The van der Waals surface area contributed by atoms with Crippen LogP contribution in [0.25, 0.3) is 10.9 Å². The summed E-state index contributed by atoms with van der Waals surface area (Å²) in [4.78, 5) is 25.4. The third-order valence-corrected chi connectivity index (χ3v) is 3.51. The number of hydrogen-bond acceptors (Lipinski definition) is 2. The molecule has 0 saturated heterocycles. The van der Waals surface area contributed by atoms with Gasteiger partial charge in [-0.25, -0.2) is 4.79 Å². The molecule has 2 N–H and O–H groups in total. The molecule has 2 aromatic carbocycles. The number of aldehydes is 1. The zero-order valence-corrected chi connectivity index (χ0v) is 11.2. The maximum absolute atomic E-state index is 11.5. The molecule has 0 radical (unpaired) electrons. The van der Waals surface area contributed by atoms with Crippen molar-refractivity contribution in [3.05, 3.63) is 70.9 Å². The number of aromatic amines is 1. The second-order valence-corrected chi connectivity index (χ2v) is 4.84. The maximum atomic E-state index is 11.5. The molecule has 0 spiro atoms. The lowest BCUT2D eigenvalue weighted by molar-refractivity contribution is 0.0696. The monoisotopic (exact) mass is 279 g/mol. The first-order valence-corrected chi connectivity index (χ1v) is 6.56. The molecule has 0 aliphatic carbocycles. The van der Waals surface area contributed by atoms with Crippen LogP contribution in [-0.2, 0) is 6.42 Å². The molecular weight excluding hydrogens is 266 g/mol. The van der Waals surface area contributed by atoms with Gasteiger partial charge >= 0.3 is 5.97 Å². The zero-order valence-electron chi connectivity index (χ0n) is 11.2. The summed E-state index contributed by atoms with van der Waals surface area (Å²) < 4.78 is 0. The average molecular weight is 279 g/mol. The number of fused-ring (bicyclic) bond motifs is 1. The molecule has 0 amide bonds. The number of rotatable bonds is 4. The van der Waals surface area contributed by atoms with Gasteiger partial charge in [-0.2, -0.15) is 0 Å². The molecule has 21 heavy (non-hydrogen) atoms. The standard InChI is InChI=1S/C17H13NO3/c19-10-14-16(17(20)21)15-12(7-4-8-13(15)18-14)9-11-5-2-1-3-6-11/h1-8,10,18H,9H2,(H,20,21). The SMILES string of the molecule is O=Cc1[nH]c2cccc(Cc3ccccc3)c2c1C(=O)O. The summed E-state index contributed by atoms with van der Waals surface area (Å²) >= 11 is 0. The lowest BCUT2D eigenvalue weighted by atomic mass is 9.98. The van der Waals surface area contributed by atoms with E-state index >= 15 is 0 Å². The van der Waals surface area contributed by atoms with Crippen LogP contribution in [0.1, 0.15) is 32.0 Å². The fourth-order valence-corrected chi connectivity index (χ4v) is 2.62. The molecule has 3 aromatic rings. The number of aromatic nitrogens is 1. The van der Waals surface area contributed by atoms with Crippen molar-refractivity contribution in [3.63, 3.8) is 0 Å². The number of benzene rings is 2. The van der Waals surface area contributed by atoms with Crippen molar-refractivity contribution in [2.45, 2.75) is 6.42 Å². The molecule has 1 aromatic heterocycles. The predicted octanol–water partition coefficient (Wildman–Crippen LogP) is 3.27. The van der Waals surface area contributed by atoms with Crippen LogP contribution < -0.4 is 0 Å². The summed E-state index contributed by atoms with van der Waals surface area (Å²) in [5, 5.41) is 10.0. The molecule has 4 heteroatoms. The number of hydrogen-bond donors (Lipinski definition) is 2. The van der Waals surface area contributed by atoms with Gasteiger partial charge in [0.25, 0.3) is 0 Å². The van der Waals surface area contributed by atoms with Crippen molar-refractivity contribution in [1.29, 1.82) is 0 Å². The minimum atomic E-state index is -1.09. The van der Waals surface area contributed by atoms with Crippen molar-refractivity contribution in [1.82, 2.24) is 4.98 Å². The van der Waals surface area contributed by atoms with Crippen molar-refractivity contribution in [3.8, 4) is 0 Å². The summed E-state index contributed by atoms with van der Waals surface area (Å²) in [6.45, 7) is 0. The Morgan fingerprint density at radius 3 is 2.52 bits per heavy atom. The molecule has 0 atom stereocenters. The smallest absolute Gasteiger partial charge is 0.338 e. The number of H-pyrrole nitrogens is 1. The van der Waals surface area contributed by atoms with Gasteiger partial charge in [-0.15, -0.1) is 0 Å². The Balaban J connectivity index is 2.21. The van der Waals surface area contributed by atoms with E-state index in [2.05, 4.69) is 4.98 Å². The van der Waals surface area contributed by atoms with Crippen LogP contribution >= 0.6 is 0 Å². The van der Waals surface area contributed by atoms with Crippen LogP contribution in [0.15, 0.2) is 48.5 Å². The normalized spacial score (nSPS) is 10.7. The fraction of sp³-hybridized carbons (Fsp3) is 0.0588. The summed E-state index contributed by atoms with van der Waals surface area (Å²) in [6, 6.07) is 15.3. The number of nitrogens with one attached hydrogen (secondary N) is 1. The lowest BCUT2D eigenvalue weighted by Gasteiger charge is -2.05. The van der Waals surface area contributed by atoms with Crippen LogP contribution in [0, 0.1) is 0 Å². The summed E-state index contributed by atoms with van der Waals surface area (Å²) in [7, 11) is 0. The fourth-order valence-electron chi connectivity index (χ4n) is 2.62. The van der Waals surface area contributed by atoms with E-state index in [1.54, 1.807) is 6.07 Å². The van der Waals surface area contributed by atoms with Crippen molar-refractivity contribution in [2.75, 3.05) is 0 Å². The van der Waals surface area contributed by atoms with E-state index in [-0.39, 0.29) is 11.3 Å². The Labute approximate surface area is 121 Å². The predicted molar refractivity (Wildman–Crippen MR) is 79.9 cm³/mol. The van der Waals surface area contributed by atoms with Crippen molar-refractivity contribution in [2.24, 2.45) is 0 Å². The van der Waals surface area contributed by atoms with Crippen LogP contribution in [0.5, 0.6) is 0 Å². The van der Waals surface area contributed by atoms with E-state index in [1.807, 2.05) is 42.5 Å². The third-order valence-electron chi connectivity index (χ3n) is 3.51. The molecule has 4 nitrogen and oxygen atoms in total.